The molecule has 1 aromatic rings. The molecular weight excluding hydrogens is 258 g/mol. The van der Waals surface area contributed by atoms with Crippen molar-refractivity contribution in [2.75, 3.05) is 6.61 Å². The van der Waals surface area contributed by atoms with Gasteiger partial charge in [-0.05, 0) is 24.5 Å². The molecule has 0 bridgehead atoms. The normalized spacial score (nSPS) is 11.8. The molecule has 2 amide bonds. The van der Waals surface area contributed by atoms with Crippen LogP contribution in [-0.2, 0) is 16.1 Å². The van der Waals surface area contributed by atoms with Crippen molar-refractivity contribution in [3.8, 4) is 0 Å². The van der Waals surface area contributed by atoms with Crippen LogP contribution in [0.5, 0.6) is 0 Å². The van der Waals surface area contributed by atoms with Crippen LogP contribution in [0.2, 0.25) is 0 Å². The Morgan fingerprint density at radius 1 is 1.40 bits per heavy atom. The van der Waals surface area contributed by atoms with E-state index in [2.05, 4.69) is 15.6 Å². The molecule has 2 N–H and O–H groups in total. The third-order valence-electron chi connectivity index (χ3n) is 2.69. The number of aromatic nitrogens is 1. The molecule has 110 valence electrons. The van der Waals surface area contributed by atoms with Crippen molar-refractivity contribution in [3.05, 3.63) is 30.1 Å². The van der Waals surface area contributed by atoms with Gasteiger partial charge in [0.2, 0.25) is 5.91 Å². The molecule has 0 radical (unpaired) electrons. The lowest BCUT2D eigenvalue weighted by atomic mass is 10.0. The summed E-state index contributed by atoms with van der Waals surface area (Å²) in [5.41, 5.74) is 0.902. The Kier molecular flexibility index (Phi) is 6.49. The Morgan fingerprint density at radius 3 is 2.70 bits per heavy atom. The van der Waals surface area contributed by atoms with Crippen LogP contribution in [-0.4, -0.2) is 29.6 Å². The summed E-state index contributed by atoms with van der Waals surface area (Å²) in [6, 6.07) is 3.06. The zero-order valence-corrected chi connectivity index (χ0v) is 12.1. The summed E-state index contributed by atoms with van der Waals surface area (Å²) in [6.07, 6.45) is 2.77. The van der Waals surface area contributed by atoms with Crippen molar-refractivity contribution in [2.45, 2.75) is 33.4 Å². The fraction of sp³-hybridized carbons (Fsp3) is 0.500. The van der Waals surface area contributed by atoms with E-state index in [1.54, 1.807) is 25.4 Å². The summed E-state index contributed by atoms with van der Waals surface area (Å²) in [7, 11) is 0. The van der Waals surface area contributed by atoms with Gasteiger partial charge < -0.3 is 15.4 Å². The Morgan fingerprint density at radius 2 is 2.15 bits per heavy atom. The van der Waals surface area contributed by atoms with Gasteiger partial charge in [0.15, 0.2) is 0 Å². The zero-order chi connectivity index (χ0) is 15.0. The van der Waals surface area contributed by atoms with Crippen molar-refractivity contribution in [3.63, 3.8) is 0 Å². The number of alkyl carbamates (subject to hydrolysis) is 1. The highest BCUT2D eigenvalue weighted by Gasteiger charge is 2.24. The summed E-state index contributed by atoms with van der Waals surface area (Å²) in [5.74, 6) is -0.273. The predicted octanol–water partition coefficient (Wildman–Crippen LogP) is 1.47. The van der Waals surface area contributed by atoms with E-state index in [9.17, 15) is 9.59 Å². The minimum atomic E-state index is -0.620. The first-order chi connectivity index (χ1) is 9.54. The lowest BCUT2D eigenvalue weighted by Crippen LogP contribution is -2.49. The zero-order valence-electron chi connectivity index (χ0n) is 12.1. The number of hydrogen-bond donors (Lipinski definition) is 2. The van der Waals surface area contributed by atoms with Crippen molar-refractivity contribution in [1.29, 1.82) is 0 Å². The van der Waals surface area contributed by atoms with Crippen LogP contribution >= 0.6 is 0 Å². The number of carbonyl (C=O) groups is 2. The van der Waals surface area contributed by atoms with Gasteiger partial charge in [0.05, 0.1) is 6.61 Å². The van der Waals surface area contributed by atoms with E-state index in [0.29, 0.717) is 6.54 Å². The minimum Gasteiger partial charge on any atom is -0.450 e. The molecule has 1 atom stereocenters. The molecule has 0 aliphatic heterocycles. The summed E-state index contributed by atoms with van der Waals surface area (Å²) >= 11 is 0. The van der Waals surface area contributed by atoms with E-state index in [0.717, 1.165) is 5.56 Å². The SMILES string of the molecule is CCOC(=O)N[C@H](C(=O)NCc1cccnc1)C(C)C. The van der Waals surface area contributed by atoms with Crippen LogP contribution in [0.25, 0.3) is 0 Å². The highest BCUT2D eigenvalue weighted by Crippen LogP contribution is 2.03. The summed E-state index contributed by atoms with van der Waals surface area (Å²) < 4.78 is 4.80. The van der Waals surface area contributed by atoms with E-state index in [1.807, 2.05) is 19.9 Å². The van der Waals surface area contributed by atoms with Crippen LogP contribution in [0, 0.1) is 5.92 Å². The monoisotopic (exact) mass is 279 g/mol. The van der Waals surface area contributed by atoms with Crippen molar-refractivity contribution in [1.82, 2.24) is 15.6 Å². The average molecular weight is 279 g/mol. The van der Waals surface area contributed by atoms with Crippen LogP contribution in [0.1, 0.15) is 26.3 Å². The lowest BCUT2D eigenvalue weighted by Gasteiger charge is -2.21. The molecule has 0 saturated heterocycles. The van der Waals surface area contributed by atoms with Gasteiger partial charge in [-0.15, -0.1) is 0 Å². The van der Waals surface area contributed by atoms with Gasteiger partial charge in [-0.2, -0.15) is 0 Å². The quantitative estimate of drug-likeness (QED) is 0.826. The molecule has 0 unspecified atom stereocenters. The summed E-state index contributed by atoms with van der Waals surface area (Å²) in [6.45, 7) is 6.09. The highest BCUT2D eigenvalue weighted by molar-refractivity contribution is 5.85. The Balaban J connectivity index is 2.54. The molecule has 0 saturated carbocycles. The van der Waals surface area contributed by atoms with Gasteiger partial charge in [-0.3, -0.25) is 9.78 Å². The molecule has 0 spiro atoms. The van der Waals surface area contributed by atoms with Gasteiger partial charge in [0.25, 0.3) is 0 Å². The van der Waals surface area contributed by atoms with Crippen LogP contribution in [0.4, 0.5) is 4.79 Å². The number of ether oxygens (including phenoxy) is 1. The third-order valence-corrected chi connectivity index (χ3v) is 2.69. The maximum atomic E-state index is 12.1. The maximum absolute atomic E-state index is 12.1. The van der Waals surface area contributed by atoms with Crippen molar-refractivity contribution < 1.29 is 14.3 Å². The number of amides is 2. The molecule has 1 rings (SSSR count). The standard InChI is InChI=1S/C14H21N3O3/c1-4-20-14(19)17-12(10(2)3)13(18)16-9-11-6-5-7-15-8-11/h5-8,10,12H,4,9H2,1-3H3,(H,16,18)(H,17,19)/t12-/m0/s1. The smallest absolute Gasteiger partial charge is 0.407 e. The topological polar surface area (TPSA) is 80.3 Å². The Labute approximate surface area is 118 Å². The number of carbonyl (C=O) groups excluding carboxylic acids is 2. The summed E-state index contributed by atoms with van der Waals surface area (Å²) in [5, 5.41) is 5.34. The van der Waals surface area contributed by atoms with Crippen molar-refractivity contribution in [2.24, 2.45) is 5.92 Å². The lowest BCUT2D eigenvalue weighted by molar-refractivity contribution is -0.124. The Bertz CT molecular complexity index is 435. The number of nitrogens with one attached hydrogen (secondary N) is 2. The molecular formula is C14H21N3O3. The van der Waals surface area contributed by atoms with E-state index < -0.39 is 12.1 Å². The number of rotatable bonds is 6. The molecule has 1 aromatic heterocycles. The largest absolute Gasteiger partial charge is 0.450 e. The second-order valence-corrected chi connectivity index (χ2v) is 4.67. The van der Waals surface area contributed by atoms with Gasteiger partial charge in [-0.1, -0.05) is 19.9 Å². The van der Waals surface area contributed by atoms with Crippen LogP contribution in [0.15, 0.2) is 24.5 Å². The molecule has 6 nitrogen and oxygen atoms in total. The first-order valence-corrected chi connectivity index (χ1v) is 6.64. The van der Waals surface area contributed by atoms with Crippen LogP contribution in [0.3, 0.4) is 0 Å². The fourth-order valence-electron chi connectivity index (χ4n) is 1.64. The average Bonchev–Trinajstić information content (AvgIpc) is 2.43. The fourth-order valence-corrected chi connectivity index (χ4v) is 1.64. The van der Waals surface area contributed by atoms with Gasteiger partial charge >= 0.3 is 6.09 Å². The number of nitrogens with zero attached hydrogens (tertiary/aromatic N) is 1. The minimum absolute atomic E-state index is 0.0340. The van der Waals surface area contributed by atoms with E-state index in [4.69, 9.17) is 4.74 Å². The predicted molar refractivity (Wildman–Crippen MR) is 74.9 cm³/mol. The van der Waals surface area contributed by atoms with Gasteiger partial charge in [0, 0.05) is 18.9 Å². The molecule has 0 fully saturated rings. The summed E-state index contributed by atoms with van der Waals surface area (Å²) in [4.78, 5) is 27.5. The highest BCUT2D eigenvalue weighted by atomic mass is 16.5. The first kappa shape index (κ1) is 15.9. The molecule has 0 aliphatic rings. The van der Waals surface area contributed by atoms with Crippen LogP contribution < -0.4 is 10.6 Å². The molecule has 20 heavy (non-hydrogen) atoms. The second-order valence-electron chi connectivity index (χ2n) is 4.67. The second kappa shape index (κ2) is 8.14. The van der Waals surface area contributed by atoms with Gasteiger partial charge in [0.1, 0.15) is 6.04 Å². The first-order valence-electron chi connectivity index (χ1n) is 6.64. The number of hydrogen-bond acceptors (Lipinski definition) is 4. The molecule has 0 aliphatic carbocycles. The Hall–Kier alpha value is -2.11. The van der Waals surface area contributed by atoms with E-state index in [1.165, 1.54) is 0 Å². The number of pyridine rings is 1. The molecule has 6 heteroatoms. The van der Waals surface area contributed by atoms with E-state index in [-0.39, 0.29) is 18.4 Å². The third kappa shape index (κ3) is 5.26. The van der Waals surface area contributed by atoms with E-state index >= 15 is 0 Å². The van der Waals surface area contributed by atoms with Crippen molar-refractivity contribution >= 4 is 12.0 Å². The van der Waals surface area contributed by atoms with Gasteiger partial charge in [-0.25, -0.2) is 4.79 Å². The molecule has 0 aromatic carbocycles. The molecule has 1 heterocycles. The maximum Gasteiger partial charge on any atom is 0.407 e.